The highest BCUT2D eigenvalue weighted by atomic mass is 31.2. The quantitative estimate of drug-likeness (QED) is 0.181. The largest absolute Gasteiger partial charge is 0.361 e. The summed E-state index contributed by atoms with van der Waals surface area (Å²) in [7, 11) is -3.57. The van der Waals surface area contributed by atoms with E-state index >= 15 is 0 Å². The molecule has 3 aromatic rings. The summed E-state index contributed by atoms with van der Waals surface area (Å²) >= 11 is 0. The molecule has 2 N–H and O–H groups in total. The van der Waals surface area contributed by atoms with Crippen molar-refractivity contribution in [1.29, 1.82) is 0 Å². The van der Waals surface area contributed by atoms with E-state index in [2.05, 4.69) is 15.5 Å². The first kappa shape index (κ1) is 31.7. The lowest BCUT2D eigenvalue weighted by Gasteiger charge is -2.29. The third-order valence-corrected chi connectivity index (χ3v) is 10.00. The van der Waals surface area contributed by atoms with Crippen LogP contribution in [0.4, 0.5) is 17.1 Å². The van der Waals surface area contributed by atoms with Gasteiger partial charge in [0.15, 0.2) is 0 Å². The summed E-state index contributed by atoms with van der Waals surface area (Å²) in [5, 5.41) is 6.81. The molecule has 0 aromatic heterocycles. The number of hydrogen-bond donors (Lipinski definition) is 2. The van der Waals surface area contributed by atoms with Crippen molar-refractivity contribution in [3.63, 3.8) is 0 Å². The third kappa shape index (κ3) is 7.13. The molecule has 10 heteroatoms. The van der Waals surface area contributed by atoms with Crippen LogP contribution < -0.4 is 20.8 Å². The number of nitrogens with zero attached hydrogens (tertiary/aromatic N) is 2. The van der Waals surface area contributed by atoms with E-state index in [4.69, 9.17) is 9.05 Å². The van der Waals surface area contributed by atoms with E-state index in [1.165, 1.54) is 19.3 Å². The monoisotopic (exact) mass is 616 g/mol. The Morgan fingerprint density at radius 3 is 2.27 bits per heavy atom. The fraction of sp³-hybridized carbons (Fsp3) is 0.353. The van der Waals surface area contributed by atoms with Crippen LogP contribution in [-0.2, 0) is 23.2 Å². The lowest BCUT2D eigenvalue weighted by atomic mass is 10.00. The number of piperidine rings is 1. The molecule has 2 aliphatic heterocycles. The van der Waals surface area contributed by atoms with Crippen LogP contribution in [-0.4, -0.2) is 56.1 Å². The predicted octanol–water partition coefficient (Wildman–Crippen LogP) is 6.35. The Morgan fingerprint density at radius 1 is 0.955 bits per heavy atom. The second-order valence-corrected chi connectivity index (χ2v) is 12.9. The van der Waals surface area contributed by atoms with E-state index in [1.54, 1.807) is 39.0 Å². The minimum absolute atomic E-state index is 0.00115. The lowest BCUT2D eigenvalue weighted by molar-refractivity contribution is -0.116. The maximum atomic E-state index is 13.6. The highest BCUT2D eigenvalue weighted by Crippen LogP contribution is 2.48. The van der Waals surface area contributed by atoms with Gasteiger partial charge in [-0.2, -0.15) is 0 Å². The lowest BCUT2D eigenvalue weighted by Crippen LogP contribution is -2.39. The fourth-order valence-corrected chi connectivity index (χ4v) is 7.34. The molecule has 0 spiro atoms. The summed E-state index contributed by atoms with van der Waals surface area (Å²) in [6, 6.07) is 22.4. The summed E-state index contributed by atoms with van der Waals surface area (Å²) in [6.07, 6.45) is 3.70. The van der Waals surface area contributed by atoms with Gasteiger partial charge in [-0.1, -0.05) is 36.8 Å². The van der Waals surface area contributed by atoms with Gasteiger partial charge in [0.2, 0.25) is 5.91 Å². The van der Waals surface area contributed by atoms with E-state index in [0.29, 0.717) is 34.4 Å². The first-order valence-electron chi connectivity index (χ1n) is 15.4. The number of likely N-dealkylation sites (tertiary alicyclic amines) is 1. The zero-order chi connectivity index (χ0) is 31.1. The van der Waals surface area contributed by atoms with E-state index in [0.717, 1.165) is 36.6 Å². The molecule has 5 rings (SSSR count). The molecule has 9 nitrogen and oxygen atoms in total. The first-order valence-corrected chi connectivity index (χ1v) is 16.9. The van der Waals surface area contributed by atoms with Gasteiger partial charge in [0.05, 0.1) is 29.8 Å². The standard InChI is InChI=1S/C34H41N4O5P/c1-4-42-44(41,43-5-2)29-18-19-31-30(24-29)32(34(40)36-31)33(26-12-8-6-9-13-26)35-27-14-16-28(17-15-27)38(25(3)39)23-22-37-20-10-7-11-21-37/h6,8-9,12-19,24,35H,4-5,7,10-11,20-23H2,1-3H3,(H,36,40). The topological polar surface area (TPSA) is 100 Å². The summed E-state index contributed by atoms with van der Waals surface area (Å²) in [6.45, 7) is 9.22. The van der Waals surface area contributed by atoms with Crippen LogP contribution >= 0.6 is 7.60 Å². The molecule has 2 amide bonds. The van der Waals surface area contributed by atoms with Crippen LogP contribution in [0, 0.1) is 0 Å². The van der Waals surface area contributed by atoms with Crippen LogP contribution in [0.25, 0.3) is 11.3 Å². The van der Waals surface area contributed by atoms with Crippen LogP contribution in [0.1, 0.15) is 51.2 Å². The number of nitrogens with one attached hydrogen (secondary N) is 2. The number of benzene rings is 3. The average Bonchev–Trinajstić information content (AvgIpc) is 3.36. The molecule has 0 unspecified atom stereocenters. The minimum Gasteiger partial charge on any atom is -0.354 e. The molecule has 0 saturated carbocycles. The first-order chi connectivity index (χ1) is 21.3. The highest BCUT2D eigenvalue weighted by molar-refractivity contribution is 7.62. The molecule has 232 valence electrons. The normalized spacial score (nSPS) is 16.3. The molecule has 1 saturated heterocycles. The van der Waals surface area contributed by atoms with Crippen molar-refractivity contribution in [3.05, 3.63) is 83.9 Å². The van der Waals surface area contributed by atoms with Crippen molar-refractivity contribution in [2.45, 2.75) is 40.0 Å². The molecule has 2 heterocycles. The molecular weight excluding hydrogens is 575 g/mol. The van der Waals surface area contributed by atoms with Gasteiger partial charge in [-0.25, -0.2) is 0 Å². The molecule has 2 aliphatic rings. The van der Waals surface area contributed by atoms with E-state index in [-0.39, 0.29) is 25.0 Å². The van der Waals surface area contributed by atoms with Crippen molar-refractivity contribution in [2.75, 3.05) is 54.9 Å². The molecule has 3 aromatic carbocycles. The van der Waals surface area contributed by atoms with Crippen molar-refractivity contribution in [1.82, 2.24) is 4.90 Å². The van der Waals surface area contributed by atoms with Crippen molar-refractivity contribution < 1.29 is 23.2 Å². The maximum absolute atomic E-state index is 13.6. The Hall–Kier alpha value is -3.75. The van der Waals surface area contributed by atoms with Gasteiger partial charge in [-0.3, -0.25) is 14.2 Å². The second-order valence-electron chi connectivity index (χ2n) is 10.9. The zero-order valence-corrected chi connectivity index (χ0v) is 26.6. The van der Waals surface area contributed by atoms with Gasteiger partial charge in [-0.05, 0) is 87.8 Å². The number of fused-ring (bicyclic) bond motifs is 1. The SMILES string of the molecule is CCOP(=O)(OCC)c1ccc2c(c1)C(=C(Nc1ccc(N(CCN3CCCCC3)C(C)=O)cc1)c1ccccc1)C(=O)N2. The van der Waals surface area contributed by atoms with Crippen molar-refractivity contribution in [2.24, 2.45) is 0 Å². The van der Waals surface area contributed by atoms with E-state index in [9.17, 15) is 14.2 Å². The van der Waals surface area contributed by atoms with Crippen LogP contribution in [0.2, 0.25) is 0 Å². The second kappa shape index (κ2) is 14.4. The van der Waals surface area contributed by atoms with Gasteiger partial charge < -0.3 is 29.5 Å². The molecular formula is C34H41N4O5P. The van der Waals surface area contributed by atoms with E-state index < -0.39 is 7.60 Å². The Morgan fingerprint density at radius 2 is 1.64 bits per heavy atom. The number of amides is 2. The van der Waals surface area contributed by atoms with Gasteiger partial charge in [-0.15, -0.1) is 0 Å². The van der Waals surface area contributed by atoms with Gasteiger partial charge in [0, 0.05) is 42.6 Å². The summed E-state index contributed by atoms with van der Waals surface area (Å²) in [5.41, 5.74) is 4.63. The summed E-state index contributed by atoms with van der Waals surface area (Å²) in [4.78, 5) is 30.3. The number of carbonyl (C=O) groups is 2. The molecule has 0 radical (unpaired) electrons. The van der Waals surface area contributed by atoms with Crippen molar-refractivity contribution in [3.8, 4) is 0 Å². The Kier molecular flexibility index (Phi) is 10.3. The molecule has 0 atom stereocenters. The number of carbonyl (C=O) groups excluding carboxylic acids is 2. The van der Waals surface area contributed by atoms with Gasteiger partial charge >= 0.3 is 7.60 Å². The minimum atomic E-state index is -3.57. The van der Waals surface area contributed by atoms with Gasteiger partial charge in [0.1, 0.15) is 0 Å². The average molecular weight is 617 g/mol. The predicted molar refractivity (Wildman–Crippen MR) is 177 cm³/mol. The molecule has 44 heavy (non-hydrogen) atoms. The van der Waals surface area contributed by atoms with Crippen LogP contribution in [0.5, 0.6) is 0 Å². The van der Waals surface area contributed by atoms with Crippen LogP contribution in [0.15, 0.2) is 72.8 Å². The third-order valence-electron chi connectivity index (χ3n) is 7.89. The Balaban J connectivity index is 1.48. The number of rotatable bonds is 12. The summed E-state index contributed by atoms with van der Waals surface area (Å²) in [5.74, 6) is -0.274. The van der Waals surface area contributed by atoms with Crippen molar-refractivity contribution >= 4 is 53.0 Å². The molecule has 0 bridgehead atoms. The van der Waals surface area contributed by atoms with E-state index in [1.807, 2.05) is 59.5 Å². The smallest absolute Gasteiger partial charge is 0.354 e. The zero-order valence-electron chi connectivity index (χ0n) is 25.7. The number of anilines is 3. The van der Waals surface area contributed by atoms with Crippen LogP contribution in [0.3, 0.4) is 0 Å². The van der Waals surface area contributed by atoms with Gasteiger partial charge in [0.25, 0.3) is 5.91 Å². The summed E-state index contributed by atoms with van der Waals surface area (Å²) < 4.78 is 24.8. The fourth-order valence-electron chi connectivity index (χ4n) is 5.75. The Bertz CT molecular complexity index is 1540. The maximum Gasteiger partial charge on any atom is 0.361 e. The molecule has 0 aliphatic carbocycles. The number of hydrogen-bond acceptors (Lipinski definition) is 7. The Labute approximate surface area is 259 Å². The highest BCUT2D eigenvalue weighted by Gasteiger charge is 2.33. The molecule has 1 fully saturated rings.